The zero-order chi connectivity index (χ0) is 8.86. The van der Waals surface area contributed by atoms with Crippen molar-refractivity contribution in [2.75, 3.05) is 0 Å². The summed E-state index contributed by atoms with van der Waals surface area (Å²) in [6, 6.07) is 0. The molecule has 1 aliphatic rings. The van der Waals surface area contributed by atoms with Crippen LogP contribution in [0.25, 0.3) is 0 Å². The Labute approximate surface area is 68.5 Å². The number of hydroxylamine groups is 2. The largest absolute Gasteiger partial charge is 0.312 e. The van der Waals surface area contributed by atoms with Gasteiger partial charge in [-0.3, -0.25) is 0 Å². The van der Waals surface area contributed by atoms with Gasteiger partial charge in [0.05, 0.1) is 11.1 Å². The van der Waals surface area contributed by atoms with Gasteiger partial charge in [-0.25, -0.2) is 0 Å². The van der Waals surface area contributed by atoms with Crippen LogP contribution in [0.1, 0.15) is 34.6 Å². The van der Waals surface area contributed by atoms with Crippen LogP contribution in [0.2, 0.25) is 0 Å². The molecule has 0 radical (unpaired) electrons. The first-order chi connectivity index (χ1) is 4.78. The highest BCUT2D eigenvalue weighted by molar-refractivity contribution is 5.27. The Balaban J connectivity index is 3.04. The second-order valence-electron chi connectivity index (χ2n) is 4.35. The zero-order valence-corrected chi connectivity index (χ0v) is 7.97. The van der Waals surface area contributed by atoms with Gasteiger partial charge in [-0.1, -0.05) is 11.6 Å². The molecule has 1 N–H and O–H groups in total. The highest BCUT2D eigenvalue weighted by Crippen LogP contribution is 2.37. The molecule has 0 fully saturated rings. The fraction of sp³-hybridized carbons (Fsp3) is 0.778. The van der Waals surface area contributed by atoms with E-state index in [9.17, 15) is 5.21 Å². The number of hydrogen-bond acceptors (Lipinski definition) is 2. The van der Waals surface area contributed by atoms with Gasteiger partial charge in [0.15, 0.2) is 0 Å². The minimum Gasteiger partial charge on any atom is -0.312 e. The van der Waals surface area contributed by atoms with Gasteiger partial charge in [0.25, 0.3) is 0 Å². The van der Waals surface area contributed by atoms with E-state index in [1.165, 1.54) is 10.6 Å². The van der Waals surface area contributed by atoms with Crippen molar-refractivity contribution in [1.82, 2.24) is 5.06 Å². The van der Waals surface area contributed by atoms with Crippen LogP contribution in [0.4, 0.5) is 0 Å². The minimum atomic E-state index is -0.215. The average Bonchev–Trinajstić information content (AvgIpc) is 1.94. The third-order valence-electron chi connectivity index (χ3n) is 2.61. The summed E-state index contributed by atoms with van der Waals surface area (Å²) in [6.45, 7) is 10.1. The van der Waals surface area contributed by atoms with Crippen LogP contribution in [-0.4, -0.2) is 21.3 Å². The lowest BCUT2D eigenvalue weighted by Crippen LogP contribution is -2.47. The molecule has 0 unspecified atom stereocenters. The molecule has 0 aromatic rings. The summed E-state index contributed by atoms with van der Waals surface area (Å²) in [7, 11) is 0. The molecule has 0 saturated carbocycles. The third kappa shape index (κ3) is 1.10. The SMILES string of the molecule is CC1=CC(C)(C)N(O)C1(C)C. The Bertz CT molecular complexity index is 204. The molecule has 1 rings (SSSR count). The highest BCUT2D eigenvalue weighted by Gasteiger charge is 2.42. The van der Waals surface area contributed by atoms with Crippen LogP contribution < -0.4 is 0 Å². The van der Waals surface area contributed by atoms with Gasteiger partial charge in [0.1, 0.15) is 0 Å². The van der Waals surface area contributed by atoms with Crippen LogP contribution in [0.3, 0.4) is 0 Å². The molecule has 1 heterocycles. The van der Waals surface area contributed by atoms with Crippen molar-refractivity contribution in [2.45, 2.75) is 45.7 Å². The van der Waals surface area contributed by atoms with Crippen molar-refractivity contribution in [3.05, 3.63) is 11.6 Å². The summed E-state index contributed by atoms with van der Waals surface area (Å²) in [5.41, 5.74) is 0.807. The second kappa shape index (κ2) is 2.08. The minimum absolute atomic E-state index is 0.205. The Hall–Kier alpha value is -0.340. The molecule has 0 saturated heterocycles. The van der Waals surface area contributed by atoms with E-state index in [4.69, 9.17) is 0 Å². The highest BCUT2D eigenvalue weighted by atomic mass is 16.5. The first-order valence-electron chi connectivity index (χ1n) is 3.97. The Morgan fingerprint density at radius 3 is 1.82 bits per heavy atom. The molecule has 2 nitrogen and oxygen atoms in total. The molecule has 11 heavy (non-hydrogen) atoms. The second-order valence-corrected chi connectivity index (χ2v) is 4.35. The van der Waals surface area contributed by atoms with E-state index in [2.05, 4.69) is 13.0 Å². The molecule has 2 heteroatoms. The van der Waals surface area contributed by atoms with Crippen molar-refractivity contribution >= 4 is 0 Å². The fourth-order valence-corrected chi connectivity index (χ4v) is 1.66. The van der Waals surface area contributed by atoms with Crippen molar-refractivity contribution in [1.29, 1.82) is 0 Å². The molecule has 0 aromatic carbocycles. The molecular weight excluding hydrogens is 138 g/mol. The number of nitrogens with zero attached hydrogens (tertiary/aromatic N) is 1. The lowest BCUT2D eigenvalue weighted by Gasteiger charge is -2.35. The topological polar surface area (TPSA) is 23.5 Å². The monoisotopic (exact) mass is 155 g/mol. The normalized spacial score (nSPS) is 28.7. The summed E-state index contributed by atoms with van der Waals surface area (Å²) >= 11 is 0. The molecule has 0 spiro atoms. The first kappa shape index (κ1) is 8.75. The molecule has 0 amide bonds. The molecule has 0 aromatic heterocycles. The Morgan fingerprint density at radius 1 is 1.27 bits per heavy atom. The molecule has 0 atom stereocenters. The number of rotatable bonds is 0. The maximum Gasteiger partial charge on any atom is 0.0620 e. The quantitative estimate of drug-likeness (QED) is 0.542. The van der Waals surface area contributed by atoms with Crippen LogP contribution in [0.15, 0.2) is 11.6 Å². The molecule has 64 valence electrons. The Kier molecular flexibility index (Phi) is 1.66. The number of hydrogen-bond donors (Lipinski definition) is 1. The summed E-state index contributed by atoms with van der Waals surface area (Å²) in [6.07, 6.45) is 2.10. The Morgan fingerprint density at radius 2 is 1.73 bits per heavy atom. The van der Waals surface area contributed by atoms with Crippen LogP contribution >= 0.6 is 0 Å². The van der Waals surface area contributed by atoms with Gasteiger partial charge >= 0.3 is 0 Å². The van der Waals surface area contributed by atoms with Gasteiger partial charge in [-0.05, 0) is 34.6 Å². The lowest BCUT2D eigenvalue weighted by molar-refractivity contribution is -0.185. The smallest absolute Gasteiger partial charge is 0.0620 e. The van der Waals surface area contributed by atoms with E-state index in [-0.39, 0.29) is 11.1 Å². The average molecular weight is 155 g/mol. The van der Waals surface area contributed by atoms with E-state index < -0.39 is 0 Å². The predicted octanol–water partition coefficient (Wildman–Crippen LogP) is 2.19. The standard InChI is InChI=1S/C9H17NO/c1-7-6-8(2,3)10(11)9(7,4)5/h6,11H,1-5H3. The van der Waals surface area contributed by atoms with Crippen molar-refractivity contribution < 1.29 is 5.21 Å². The van der Waals surface area contributed by atoms with E-state index in [1.54, 1.807) is 0 Å². The van der Waals surface area contributed by atoms with Crippen LogP contribution in [-0.2, 0) is 0 Å². The lowest BCUT2D eigenvalue weighted by atomic mass is 9.99. The maximum absolute atomic E-state index is 9.74. The summed E-state index contributed by atoms with van der Waals surface area (Å²) < 4.78 is 0. The van der Waals surface area contributed by atoms with Gasteiger partial charge in [-0.15, -0.1) is 0 Å². The van der Waals surface area contributed by atoms with E-state index in [1.807, 2.05) is 27.7 Å². The van der Waals surface area contributed by atoms with Gasteiger partial charge in [0.2, 0.25) is 0 Å². The summed E-state index contributed by atoms with van der Waals surface area (Å²) in [5, 5.41) is 11.1. The first-order valence-corrected chi connectivity index (χ1v) is 3.97. The van der Waals surface area contributed by atoms with Crippen LogP contribution in [0, 0.1) is 0 Å². The van der Waals surface area contributed by atoms with Gasteiger partial charge < -0.3 is 5.21 Å². The van der Waals surface area contributed by atoms with E-state index in [0.29, 0.717) is 0 Å². The van der Waals surface area contributed by atoms with E-state index >= 15 is 0 Å². The summed E-state index contributed by atoms with van der Waals surface area (Å²) in [5.74, 6) is 0. The summed E-state index contributed by atoms with van der Waals surface area (Å²) in [4.78, 5) is 0. The fourth-order valence-electron chi connectivity index (χ4n) is 1.66. The third-order valence-corrected chi connectivity index (χ3v) is 2.61. The zero-order valence-electron chi connectivity index (χ0n) is 7.97. The van der Waals surface area contributed by atoms with Crippen LogP contribution in [0.5, 0.6) is 0 Å². The maximum atomic E-state index is 9.74. The molecule has 1 aliphatic heterocycles. The van der Waals surface area contributed by atoms with Gasteiger partial charge in [-0.2, -0.15) is 5.06 Å². The molecule has 0 aliphatic carbocycles. The molecule has 0 bridgehead atoms. The van der Waals surface area contributed by atoms with Crippen molar-refractivity contribution in [3.63, 3.8) is 0 Å². The van der Waals surface area contributed by atoms with Gasteiger partial charge in [0, 0.05) is 0 Å². The van der Waals surface area contributed by atoms with Crippen molar-refractivity contribution in [2.24, 2.45) is 0 Å². The molecular formula is C9H17NO. The predicted molar refractivity (Wildman–Crippen MR) is 45.5 cm³/mol. The van der Waals surface area contributed by atoms with Crippen molar-refractivity contribution in [3.8, 4) is 0 Å². The van der Waals surface area contributed by atoms with E-state index in [0.717, 1.165) is 0 Å².